The SMILES string of the molecule is Cc1ccc(-c2c(C)nn3c2NC(=O)CCC3=O)cc1S(=O)(=O)N(C)Cc1ccco1. The number of carbonyl (C=O) groups is 2. The van der Waals surface area contributed by atoms with Gasteiger partial charge in [-0.15, -0.1) is 0 Å². The maximum Gasteiger partial charge on any atom is 0.249 e. The number of anilines is 1. The van der Waals surface area contributed by atoms with E-state index >= 15 is 0 Å². The van der Waals surface area contributed by atoms with E-state index in [1.807, 2.05) is 0 Å². The minimum Gasteiger partial charge on any atom is -0.468 e. The fourth-order valence-electron chi connectivity index (χ4n) is 3.60. The number of sulfonamides is 1. The van der Waals surface area contributed by atoms with Crippen LogP contribution in [0.25, 0.3) is 11.1 Å². The van der Waals surface area contributed by atoms with Crippen molar-refractivity contribution in [3.05, 3.63) is 53.6 Å². The van der Waals surface area contributed by atoms with Gasteiger partial charge in [-0.25, -0.2) is 8.42 Å². The van der Waals surface area contributed by atoms with E-state index in [0.717, 1.165) is 0 Å². The molecule has 0 aliphatic carbocycles. The number of rotatable bonds is 5. The van der Waals surface area contributed by atoms with Crippen LogP contribution in [0.4, 0.5) is 5.82 Å². The minimum absolute atomic E-state index is 0.0600. The van der Waals surface area contributed by atoms with E-state index in [-0.39, 0.29) is 41.9 Å². The lowest BCUT2D eigenvalue weighted by Crippen LogP contribution is -2.27. The number of hydrogen-bond donors (Lipinski definition) is 1. The molecule has 1 aliphatic rings. The largest absolute Gasteiger partial charge is 0.468 e. The van der Waals surface area contributed by atoms with Crippen molar-refractivity contribution in [3.8, 4) is 11.1 Å². The highest BCUT2D eigenvalue weighted by Crippen LogP contribution is 2.35. The first kappa shape index (κ1) is 21.0. The second-order valence-corrected chi connectivity index (χ2v) is 9.50. The van der Waals surface area contributed by atoms with E-state index < -0.39 is 10.0 Å². The molecule has 9 nitrogen and oxygen atoms in total. The molecule has 0 saturated carbocycles. The lowest BCUT2D eigenvalue weighted by Gasteiger charge is -2.18. The van der Waals surface area contributed by atoms with Gasteiger partial charge in [0.1, 0.15) is 11.6 Å². The summed E-state index contributed by atoms with van der Waals surface area (Å²) in [7, 11) is -2.34. The van der Waals surface area contributed by atoms with Gasteiger partial charge >= 0.3 is 0 Å². The van der Waals surface area contributed by atoms with Gasteiger partial charge in [0, 0.05) is 25.5 Å². The van der Waals surface area contributed by atoms with Crippen molar-refractivity contribution in [2.24, 2.45) is 0 Å². The van der Waals surface area contributed by atoms with Crippen LogP contribution >= 0.6 is 0 Å². The summed E-state index contributed by atoms with van der Waals surface area (Å²) in [6.07, 6.45) is 1.63. The number of amides is 1. The number of aryl methyl sites for hydroxylation is 2. The van der Waals surface area contributed by atoms with Crippen molar-refractivity contribution in [1.82, 2.24) is 14.1 Å². The van der Waals surface area contributed by atoms with Crippen LogP contribution in [0.5, 0.6) is 0 Å². The summed E-state index contributed by atoms with van der Waals surface area (Å²) in [5, 5.41) is 7.02. The Balaban J connectivity index is 1.79. The van der Waals surface area contributed by atoms with Crippen LogP contribution in [0, 0.1) is 13.8 Å². The molecule has 3 heterocycles. The molecule has 1 N–H and O–H groups in total. The molecule has 1 aliphatic heterocycles. The van der Waals surface area contributed by atoms with Gasteiger partial charge in [0.05, 0.1) is 23.4 Å². The van der Waals surface area contributed by atoms with Gasteiger partial charge < -0.3 is 9.73 Å². The van der Waals surface area contributed by atoms with Crippen molar-refractivity contribution in [3.63, 3.8) is 0 Å². The van der Waals surface area contributed by atoms with Crippen LogP contribution in [-0.2, 0) is 21.4 Å². The molecule has 0 bridgehead atoms. The molecule has 0 atom stereocenters. The van der Waals surface area contributed by atoms with Crippen LogP contribution in [0.3, 0.4) is 0 Å². The molecular formula is C21H22N4O5S. The summed E-state index contributed by atoms with van der Waals surface area (Å²) in [4.78, 5) is 24.6. The fourth-order valence-corrected chi connectivity index (χ4v) is 4.98. The maximum absolute atomic E-state index is 13.3. The number of furan rings is 1. The lowest BCUT2D eigenvalue weighted by atomic mass is 10.0. The molecule has 0 unspecified atom stereocenters. The van der Waals surface area contributed by atoms with E-state index in [1.165, 1.54) is 22.3 Å². The Hall–Kier alpha value is -3.24. The Morgan fingerprint density at radius 3 is 2.68 bits per heavy atom. The van der Waals surface area contributed by atoms with Gasteiger partial charge in [0.2, 0.25) is 21.8 Å². The first-order valence-electron chi connectivity index (χ1n) is 9.71. The Labute approximate surface area is 179 Å². The van der Waals surface area contributed by atoms with E-state index in [9.17, 15) is 18.0 Å². The smallest absolute Gasteiger partial charge is 0.249 e. The summed E-state index contributed by atoms with van der Waals surface area (Å²) in [6, 6.07) is 8.42. The molecule has 3 aromatic rings. The van der Waals surface area contributed by atoms with Gasteiger partial charge in [-0.2, -0.15) is 14.1 Å². The second-order valence-electron chi connectivity index (χ2n) is 7.48. The maximum atomic E-state index is 13.3. The highest BCUT2D eigenvalue weighted by Gasteiger charge is 2.28. The molecule has 0 spiro atoms. The number of aromatic nitrogens is 2. The highest BCUT2D eigenvalue weighted by molar-refractivity contribution is 7.89. The molecule has 2 aromatic heterocycles. The third kappa shape index (κ3) is 3.79. The summed E-state index contributed by atoms with van der Waals surface area (Å²) < 4.78 is 34.2. The topological polar surface area (TPSA) is 115 Å². The third-order valence-corrected chi connectivity index (χ3v) is 7.19. The zero-order valence-electron chi connectivity index (χ0n) is 17.4. The zero-order chi connectivity index (χ0) is 22.3. The van der Waals surface area contributed by atoms with Gasteiger partial charge in [0.25, 0.3) is 0 Å². The monoisotopic (exact) mass is 442 g/mol. The Bertz CT molecular complexity index is 1280. The van der Waals surface area contributed by atoms with Crippen LogP contribution in [0.2, 0.25) is 0 Å². The average molecular weight is 442 g/mol. The first-order chi connectivity index (χ1) is 14.7. The molecule has 1 amide bonds. The van der Waals surface area contributed by atoms with Gasteiger partial charge in [-0.1, -0.05) is 12.1 Å². The van der Waals surface area contributed by atoms with Crippen molar-refractivity contribution in [2.45, 2.75) is 38.1 Å². The van der Waals surface area contributed by atoms with E-state index in [4.69, 9.17) is 4.42 Å². The molecule has 1 aromatic carbocycles. The van der Waals surface area contributed by atoms with E-state index in [0.29, 0.717) is 28.1 Å². The minimum atomic E-state index is -3.83. The highest BCUT2D eigenvalue weighted by atomic mass is 32.2. The average Bonchev–Trinajstić information content (AvgIpc) is 3.31. The van der Waals surface area contributed by atoms with Crippen LogP contribution in [0.15, 0.2) is 45.9 Å². The molecule has 0 fully saturated rings. The molecule has 10 heteroatoms. The number of benzene rings is 1. The third-order valence-electron chi connectivity index (χ3n) is 5.24. The van der Waals surface area contributed by atoms with Crippen molar-refractivity contribution < 1.29 is 22.4 Å². The molecule has 0 radical (unpaired) electrons. The standard InChI is InChI=1S/C21H22N4O5S/c1-13-6-7-15(11-17(13)31(28,29)24(3)12-16-5-4-10-30-16)20-14(2)23-25-19(27)9-8-18(26)22-21(20)25/h4-7,10-11H,8-9,12H2,1-3H3,(H,22,26). The van der Waals surface area contributed by atoms with Crippen LogP contribution in [-0.4, -0.2) is 41.4 Å². The van der Waals surface area contributed by atoms with E-state index in [1.54, 1.807) is 44.2 Å². The predicted octanol–water partition coefficient (Wildman–Crippen LogP) is 2.95. The lowest BCUT2D eigenvalue weighted by molar-refractivity contribution is -0.116. The number of hydrogen-bond acceptors (Lipinski definition) is 6. The van der Waals surface area contributed by atoms with Gasteiger partial charge in [-0.05, 0) is 43.2 Å². The van der Waals surface area contributed by atoms with Gasteiger partial charge in [-0.3, -0.25) is 9.59 Å². The summed E-state index contributed by atoms with van der Waals surface area (Å²) >= 11 is 0. The molecule has 31 heavy (non-hydrogen) atoms. The van der Waals surface area contributed by atoms with E-state index in [2.05, 4.69) is 10.4 Å². The number of carbonyl (C=O) groups excluding carboxylic acids is 2. The summed E-state index contributed by atoms with van der Waals surface area (Å²) in [6.45, 7) is 3.52. The van der Waals surface area contributed by atoms with Gasteiger partial charge in [0.15, 0.2) is 0 Å². The molecule has 4 rings (SSSR count). The number of nitrogens with zero attached hydrogens (tertiary/aromatic N) is 3. The molecule has 0 saturated heterocycles. The predicted molar refractivity (Wildman–Crippen MR) is 113 cm³/mol. The van der Waals surface area contributed by atoms with Crippen molar-refractivity contribution in [1.29, 1.82) is 0 Å². The molecule has 162 valence electrons. The normalized spacial score (nSPS) is 14.5. The quantitative estimate of drug-likeness (QED) is 0.650. The van der Waals surface area contributed by atoms with Crippen LogP contribution < -0.4 is 5.32 Å². The second kappa shape index (κ2) is 7.78. The summed E-state index contributed by atoms with van der Waals surface area (Å²) in [5.74, 6) is 0.215. The number of fused-ring (bicyclic) bond motifs is 1. The van der Waals surface area contributed by atoms with Crippen LogP contribution in [0.1, 0.15) is 34.7 Å². The molecular weight excluding hydrogens is 420 g/mol. The zero-order valence-corrected chi connectivity index (χ0v) is 18.2. The summed E-state index contributed by atoms with van der Waals surface area (Å²) in [5.41, 5.74) is 2.16. The first-order valence-corrected chi connectivity index (χ1v) is 11.1. The Morgan fingerprint density at radius 1 is 1.19 bits per heavy atom. The Morgan fingerprint density at radius 2 is 1.97 bits per heavy atom. The Kier molecular flexibility index (Phi) is 5.28. The fraction of sp³-hybridized carbons (Fsp3) is 0.286. The van der Waals surface area contributed by atoms with Crippen molar-refractivity contribution >= 4 is 27.7 Å². The number of nitrogens with one attached hydrogen (secondary N) is 1. The van der Waals surface area contributed by atoms with Crippen molar-refractivity contribution in [2.75, 3.05) is 12.4 Å².